The van der Waals surface area contributed by atoms with Crippen molar-refractivity contribution in [3.05, 3.63) is 29.6 Å². The molecule has 17 heavy (non-hydrogen) atoms. The number of halogens is 1. The van der Waals surface area contributed by atoms with Gasteiger partial charge in [0.25, 0.3) is 5.91 Å². The number of carbonyl (C=O) groups excluding carboxylic acids is 1. The quantitative estimate of drug-likeness (QED) is 0.674. The van der Waals surface area contributed by atoms with Crippen LogP contribution in [0.5, 0.6) is 5.75 Å². The molecule has 0 aromatic heterocycles. The van der Waals surface area contributed by atoms with Crippen molar-refractivity contribution in [1.29, 1.82) is 0 Å². The first-order chi connectivity index (χ1) is 8.00. The Bertz CT molecular complexity index is 433. The van der Waals surface area contributed by atoms with Gasteiger partial charge in [-0.05, 0) is 24.6 Å². The van der Waals surface area contributed by atoms with E-state index < -0.39 is 17.7 Å². The normalized spacial score (nSPS) is 9.94. The number of benzene rings is 1. The van der Waals surface area contributed by atoms with Crippen molar-refractivity contribution in [1.82, 2.24) is 5.32 Å². The van der Waals surface area contributed by atoms with Gasteiger partial charge >= 0.3 is 5.97 Å². The van der Waals surface area contributed by atoms with Crippen LogP contribution in [0.2, 0.25) is 0 Å². The number of aromatic hydroxyl groups is 1. The van der Waals surface area contributed by atoms with Gasteiger partial charge in [0.1, 0.15) is 11.6 Å². The zero-order valence-corrected chi connectivity index (χ0v) is 8.94. The number of nitrogens with one attached hydrogen (secondary N) is 1. The van der Waals surface area contributed by atoms with Gasteiger partial charge in [-0.1, -0.05) is 0 Å². The topological polar surface area (TPSA) is 86.6 Å². The summed E-state index contributed by atoms with van der Waals surface area (Å²) in [4.78, 5) is 21.7. The molecule has 0 radical (unpaired) electrons. The molecule has 1 amide bonds. The van der Waals surface area contributed by atoms with E-state index in [4.69, 9.17) is 5.11 Å². The zero-order valence-electron chi connectivity index (χ0n) is 8.94. The third-order valence-electron chi connectivity index (χ3n) is 2.06. The van der Waals surface area contributed by atoms with E-state index in [2.05, 4.69) is 5.32 Å². The largest absolute Gasteiger partial charge is 0.507 e. The molecule has 1 aromatic carbocycles. The minimum Gasteiger partial charge on any atom is -0.507 e. The maximum atomic E-state index is 12.8. The van der Waals surface area contributed by atoms with Gasteiger partial charge in [-0.2, -0.15) is 0 Å². The van der Waals surface area contributed by atoms with E-state index in [-0.39, 0.29) is 30.7 Å². The molecule has 0 saturated carbocycles. The van der Waals surface area contributed by atoms with Crippen LogP contribution in [-0.2, 0) is 4.79 Å². The number of carboxylic acid groups (broad SMARTS) is 1. The molecular weight excluding hydrogens is 229 g/mol. The minimum absolute atomic E-state index is 0.0601. The number of phenols is 1. The molecule has 6 heteroatoms. The lowest BCUT2D eigenvalue weighted by molar-refractivity contribution is -0.137. The highest BCUT2D eigenvalue weighted by Gasteiger charge is 2.11. The third kappa shape index (κ3) is 4.10. The molecule has 1 rings (SSSR count). The number of hydrogen-bond donors (Lipinski definition) is 3. The highest BCUT2D eigenvalue weighted by atomic mass is 19.1. The molecule has 3 N–H and O–H groups in total. The lowest BCUT2D eigenvalue weighted by Crippen LogP contribution is -2.25. The molecule has 0 unspecified atom stereocenters. The number of aliphatic carboxylic acids is 1. The summed E-state index contributed by atoms with van der Waals surface area (Å²) in [6.45, 7) is 0.154. The Hall–Kier alpha value is -2.11. The Kier molecular flexibility index (Phi) is 4.45. The molecule has 0 aliphatic carbocycles. The van der Waals surface area contributed by atoms with E-state index in [1.54, 1.807) is 0 Å². The van der Waals surface area contributed by atoms with Crippen LogP contribution >= 0.6 is 0 Å². The van der Waals surface area contributed by atoms with Crippen LogP contribution in [-0.4, -0.2) is 28.6 Å². The van der Waals surface area contributed by atoms with Crippen molar-refractivity contribution < 1.29 is 24.2 Å². The monoisotopic (exact) mass is 241 g/mol. The minimum atomic E-state index is -0.951. The fourth-order valence-corrected chi connectivity index (χ4v) is 1.23. The summed E-state index contributed by atoms with van der Waals surface area (Å²) < 4.78 is 12.8. The molecule has 92 valence electrons. The van der Waals surface area contributed by atoms with E-state index in [9.17, 15) is 19.1 Å². The van der Waals surface area contributed by atoms with E-state index in [0.29, 0.717) is 0 Å². The lowest BCUT2D eigenvalue weighted by Gasteiger charge is -2.06. The maximum Gasteiger partial charge on any atom is 0.303 e. The molecular formula is C11H12FNO4. The van der Waals surface area contributed by atoms with Crippen molar-refractivity contribution >= 4 is 11.9 Å². The SMILES string of the molecule is O=C(O)CCCNC(=O)c1cc(F)ccc1O. The van der Waals surface area contributed by atoms with Crippen LogP contribution in [0.1, 0.15) is 23.2 Å². The Morgan fingerprint density at radius 2 is 2.06 bits per heavy atom. The van der Waals surface area contributed by atoms with Gasteiger partial charge in [0, 0.05) is 13.0 Å². The average Bonchev–Trinajstić information content (AvgIpc) is 2.27. The number of hydrogen-bond acceptors (Lipinski definition) is 3. The number of rotatable bonds is 5. The molecule has 0 saturated heterocycles. The lowest BCUT2D eigenvalue weighted by atomic mass is 10.2. The van der Waals surface area contributed by atoms with Crippen LogP contribution < -0.4 is 5.32 Å². The predicted octanol–water partition coefficient (Wildman–Crippen LogP) is 1.13. The average molecular weight is 241 g/mol. The molecule has 0 spiro atoms. The van der Waals surface area contributed by atoms with Gasteiger partial charge < -0.3 is 15.5 Å². The van der Waals surface area contributed by atoms with Crippen LogP contribution in [0.3, 0.4) is 0 Å². The standard InChI is InChI=1S/C11H12FNO4/c12-7-3-4-9(14)8(6-7)11(17)13-5-1-2-10(15)16/h3-4,6,14H,1-2,5H2,(H,13,17)(H,15,16). The number of amides is 1. The second-order valence-electron chi connectivity index (χ2n) is 3.41. The highest BCUT2D eigenvalue weighted by Crippen LogP contribution is 2.17. The number of carbonyl (C=O) groups is 2. The number of phenolic OH excluding ortho intramolecular Hbond substituents is 1. The molecule has 1 aromatic rings. The van der Waals surface area contributed by atoms with Gasteiger partial charge in [0.15, 0.2) is 0 Å². The summed E-state index contributed by atoms with van der Waals surface area (Å²) in [5.74, 6) is -2.53. The zero-order chi connectivity index (χ0) is 12.8. The molecule has 0 aliphatic heterocycles. The van der Waals surface area contributed by atoms with E-state index in [1.165, 1.54) is 0 Å². The third-order valence-corrected chi connectivity index (χ3v) is 2.06. The molecule has 0 heterocycles. The smallest absolute Gasteiger partial charge is 0.303 e. The summed E-state index contributed by atoms with van der Waals surface area (Å²) in [7, 11) is 0. The first kappa shape index (κ1) is 13.0. The second-order valence-corrected chi connectivity index (χ2v) is 3.41. The van der Waals surface area contributed by atoms with Crippen LogP contribution in [0.25, 0.3) is 0 Å². The maximum absolute atomic E-state index is 12.8. The van der Waals surface area contributed by atoms with Crippen LogP contribution in [0, 0.1) is 5.82 Å². The Balaban J connectivity index is 2.52. The summed E-state index contributed by atoms with van der Waals surface area (Å²) in [5, 5.41) is 20.1. The Labute approximate surface area is 96.9 Å². The fourth-order valence-electron chi connectivity index (χ4n) is 1.23. The Morgan fingerprint density at radius 1 is 1.35 bits per heavy atom. The van der Waals surface area contributed by atoms with Gasteiger partial charge in [-0.15, -0.1) is 0 Å². The van der Waals surface area contributed by atoms with E-state index in [0.717, 1.165) is 18.2 Å². The van der Waals surface area contributed by atoms with Gasteiger partial charge in [-0.3, -0.25) is 9.59 Å². The second kappa shape index (κ2) is 5.83. The Morgan fingerprint density at radius 3 is 2.71 bits per heavy atom. The summed E-state index contributed by atoms with van der Waals surface area (Å²) >= 11 is 0. The predicted molar refractivity (Wildman–Crippen MR) is 57.3 cm³/mol. The number of carboxylic acids is 1. The summed E-state index contributed by atoms with van der Waals surface area (Å²) in [5.41, 5.74) is -0.166. The van der Waals surface area contributed by atoms with Crippen molar-refractivity contribution in [2.24, 2.45) is 0 Å². The summed E-state index contributed by atoms with van der Waals surface area (Å²) in [6, 6.07) is 3.04. The molecule has 0 atom stereocenters. The van der Waals surface area contributed by atoms with E-state index in [1.807, 2.05) is 0 Å². The van der Waals surface area contributed by atoms with Crippen molar-refractivity contribution in [3.63, 3.8) is 0 Å². The first-order valence-electron chi connectivity index (χ1n) is 4.99. The van der Waals surface area contributed by atoms with Crippen molar-refractivity contribution in [2.75, 3.05) is 6.54 Å². The van der Waals surface area contributed by atoms with Gasteiger partial charge in [0.05, 0.1) is 5.56 Å². The van der Waals surface area contributed by atoms with Crippen molar-refractivity contribution in [3.8, 4) is 5.75 Å². The molecule has 0 bridgehead atoms. The molecule has 0 fully saturated rings. The molecule has 5 nitrogen and oxygen atoms in total. The van der Waals surface area contributed by atoms with E-state index >= 15 is 0 Å². The van der Waals surface area contributed by atoms with Crippen LogP contribution in [0.15, 0.2) is 18.2 Å². The van der Waals surface area contributed by atoms with Gasteiger partial charge in [0.2, 0.25) is 0 Å². The molecule has 0 aliphatic rings. The van der Waals surface area contributed by atoms with Crippen LogP contribution in [0.4, 0.5) is 4.39 Å². The summed E-state index contributed by atoms with van der Waals surface area (Å²) in [6.07, 6.45) is 0.215. The van der Waals surface area contributed by atoms with Gasteiger partial charge in [-0.25, -0.2) is 4.39 Å². The highest BCUT2D eigenvalue weighted by molar-refractivity contribution is 5.96. The fraction of sp³-hybridized carbons (Fsp3) is 0.273. The van der Waals surface area contributed by atoms with Crippen molar-refractivity contribution in [2.45, 2.75) is 12.8 Å². The first-order valence-corrected chi connectivity index (χ1v) is 4.99.